The zero-order valence-corrected chi connectivity index (χ0v) is 11.1. The highest BCUT2D eigenvalue weighted by Gasteiger charge is 2.17. The standard InChI is InChI=1S/C15H24N2/c1-12-10-15(8-7-14(12)11-16)17-9-5-3-4-6-13(17)2/h7-8,10,13H,3-6,9,11,16H2,1-2H3. The zero-order valence-electron chi connectivity index (χ0n) is 11.1. The topological polar surface area (TPSA) is 29.3 Å². The SMILES string of the molecule is Cc1cc(N2CCCCCC2C)ccc1CN. The molecule has 1 fully saturated rings. The minimum atomic E-state index is 0.641. The molecule has 1 saturated heterocycles. The summed E-state index contributed by atoms with van der Waals surface area (Å²) in [5.74, 6) is 0. The Hall–Kier alpha value is -1.02. The molecular formula is C15H24N2. The summed E-state index contributed by atoms with van der Waals surface area (Å²) in [5, 5.41) is 0. The van der Waals surface area contributed by atoms with Crippen LogP contribution in [0.15, 0.2) is 18.2 Å². The second-order valence-corrected chi connectivity index (χ2v) is 5.21. The van der Waals surface area contributed by atoms with E-state index in [-0.39, 0.29) is 0 Å². The molecule has 0 radical (unpaired) electrons. The molecule has 2 heteroatoms. The number of rotatable bonds is 2. The number of nitrogens with two attached hydrogens (primary N) is 1. The third-order valence-corrected chi connectivity index (χ3v) is 3.93. The van der Waals surface area contributed by atoms with Crippen LogP contribution < -0.4 is 10.6 Å². The van der Waals surface area contributed by atoms with E-state index in [9.17, 15) is 0 Å². The van der Waals surface area contributed by atoms with Gasteiger partial charge in [0.25, 0.3) is 0 Å². The van der Waals surface area contributed by atoms with Crippen molar-refractivity contribution in [3.8, 4) is 0 Å². The molecule has 1 atom stereocenters. The highest BCUT2D eigenvalue weighted by molar-refractivity contribution is 5.51. The minimum Gasteiger partial charge on any atom is -0.369 e. The summed E-state index contributed by atoms with van der Waals surface area (Å²) in [6.07, 6.45) is 5.39. The summed E-state index contributed by atoms with van der Waals surface area (Å²) < 4.78 is 0. The first-order chi connectivity index (χ1) is 8.22. The van der Waals surface area contributed by atoms with Gasteiger partial charge in [-0.15, -0.1) is 0 Å². The molecule has 0 aliphatic carbocycles. The van der Waals surface area contributed by atoms with E-state index in [0.717, 1.165) is 0 Å². The third kappa shape index (κ3) is 2.81. The van der Waals surface area contributed by atoms with Crippen molar-refractivity contribution < 1.29 is 0 Å². The molecule has 1 unspecified atom stereocenters. The van der Waals surface area contributed by atoms with Crippen LogP contribution >= 0.6 is 0 Å². The van der Waals surface area contributed by atoms with Gasteiger partial charge >= 0.3 is 0 Å². The van der Waals surface area contributed by atoms with Crippen LogP contribution in [0.1, 0.15) is 43.7 Å². The van der Waals surface area contributed by atoms with Crippen molar-refractivity contribution in [2.24, 2.45) is 5.73 Å². The van der Waals surface area contributed by atoms with E-state index in [2.05, 4.69) is 36.9 Å². The van der Waals surface area contributed by atoms with Crippen molar-refractivity contribution in [3.63, 3.8) is 0 Å². The molecule has 0 aromatic heterocycles. The molecule has 1 heterocycles. The van der Waals surface area contributed by atoms with Crippen LogP contribution in [-0.4, -0.2) is 12.6 Å². The molecular weight excluding hydrogens is 208 g/mol. The van der Waals surface area contributed by atoms with E-state index >= 15 is 0 Å². The molecule has 0 amide bonds. The van der Waals surface area contributed by atoms with Gasteiger partial charge in [-0.2, -0.15) is 0 Å². The molecule has 0 bridgehead atoms. The number of hydrogen-bond donors (Lipinski definition) is 1. The van der Waals surface area contributed by atoms with Crippen LogP contribution in [0.4, 0.5) is 5.69 Å². The lowest BCUT2D eigenvalue weighted by atomic mass is 10.1. The Kier molecular flexibility index (Phi) is 4.06. The lowest BCUT2D eigenvalue weighted by Crippen LogP contribution is -2.32. The van der Waals surface area contributed by atoms with Crippen molar-refractivity contribution in [2.45, 2.75) is 52.1 Å². The fourth-order valence-electron chi connectivity index (χ4n) is 2.75. The van der Waals surface area contributed by atoms with Crippen LogP contribution in [-0.2, 0) is 6.54 Å². The molecule has 2 nitrogen and oxygen atoms in total. The smallest absolute Gasteiger partial charge is 0.0371 e. The van der Waals surface area contributed by atoms with Crippen molar-refractivity contribution in [3.05, 3.63) is 29.3 Å². The van der Waals surface area contributed by atoms with Crippen molar-refractivity contribution in [2.75, 3.05) is 11.4 Å². The summed E-state index contributed by atoms with van der Waals surface area (Å²) in [4.78, 5) is 2.56. The van der Waals surface area contributed by atoms with E-state index < -0.39 is 0 Å². The number of anilines is 1. The van der Waals surface area contributed by atoms with Crippen molar-refractivity contribution in [1.29, 1.82) is 0 Å². The normalized spacial score (nSPS) is 21.4. The van der Waals surface area contributed by atoms with E-state index in [0.29, 0.717) is 12.6 Å². The van der Waals surface area contributed by atoms with E-state index in [1.807, 2.05) is 0 Å². The van der Waals surface area contributed by atoms with E-state index in [1.165, 1.54) is 49.0 Å². The predicted molar refractivity (Wildman–Crippen MR) is 74.3 cm³/mol. The molecule has 0 saturated carbocycles. The van der Waals surface area contributed by atoms with Gasteiger partial charge in [-0.1, -0.05) is 18.9 Å². The van der Waals surface area contributed by atoms with Gasteiger partial charge in [0.15, 0.2) is 0 Å². The quantitative estimate of drug-likeness (QED) is 0.848. The maximum Gasteiger partial charge on any atom is 0.0371 e. The Morgan fingerprint density at radius 3 is 2.82 bits per heavy atom. The Balaban J connectivity index is 2.22. The number of aryl methyl sites for hydroxylation is 1. The summed E-state index contributed by atoms with van der Waals surface area (Å²) in [6.45, 7) is 6.34. The van der Waals surface area contributed by atoms with Gasteiger partial charge in [0.05, 0.1) is 0 Å². The Morgan fingerprint density at radius 2 is 2.12 bits per heavy atom. The fourth-order valence-corrected chi connectivity index (χ4v) is 2.75. The van der Waals surface area contributed by atoms with Crippen LogP contribution in [0.3, 0.4) is 0 Å². The summed E-state index contributed by atoms with van der Waals surface area (Å²) in [7, 11) is 0. The maximum atomic E-state index is 5.72. The predicted octanol–water partition coefficient (Wildman–Crippen LogP) is 3.22. The van der Waals surface area contributed by atoms with Crippen LogP contribution in [0, 0.1) is 6.92 Å². The Morgan fingerprint density at radius 1 is 1.29 bits per heavy atom. The van der Waals surface area contributed by atoms with Gasteiger partial charge in [-0.25, -0.2) is 0 Å². The molecule has 0 spiro atoms. The third-order valence-electron chi connectivity index (χ3n) is 3.93. The highest BCUT2D eigenvalue weighted by atomic mass is 15.2. The maximum absolute atomic E-state index is 5.72. The van der Waals surface area contributed by atoms with Gasteiger partial charge in [0.1, 0.15) is 0 Å². The Labute approximate surface area is 105 Å². The molecule has 2 rings (SSSR count). The van der Waals surface area contributed by atoms with Crippen LogP contribution in [0.5, 0.6) is 0 Å². The molecule has 1 aromatic carbocycles. The lowest BCUT2D eigenvalue weighted by molar-refractivity contribution is 0.616. The first-order valence-corrected chi connectivity index (χ1v) is 6.78. The van der Waals surface area contributed by atoms with Crippen LogP contribution in [0.25, 0.3) is 0 Å². The summed E-state index contributed by atoms with van der Waals surface area (Å²) >= 11 is 0. The van der Waals surface area contributed by atoms with Crippen molar-refractivity contribution >= 4 is 5.69 Å². The minimum absolute atomic E-state index is 0.641. The zero-order chi connectivity index (χ0) is 12.3. The molecule has 1 aromatic rings. The second-order valence-electron chi connectivity index (χ2n) is 5.21. The first kappa shape index (κ1) is 12.4. The molecule has 2 N–H and O–H groups in total. The summed E-state index contributed by atoms with van der Waals surface area (Å²) in [5.41, 5.74) is 9.67. The van der Waals surface area contributed by atoms with E-state index in [1.54, 1.807) is 0 Å². The fraction of sp³-hybridized carbons (Fsp3) is 0.600. The molecule has 1 aliphatic rings. The second kappa shape index (κ2) is 5.54. The monoisotopic (exact) mass is 232 g/mol. The largest absolute Gasteiger partial charge is 0.369 e. The van der Waals surface area contributed by atoms with E-state index in [4.69, 9.17) is 5.73 Å². The van der Waals surface area contributed by atoms with Gasteiger partial charge < -0.3 is 10.6 Å². The summed E-state index contributed by atoms with van der Waals surface area (Å²) in [6, 6.07) is 7.38. The molecule has 94 valence electrons. The van der Waals surface area contributed by atoms with Crippen molar-refractivity contribution in [1.82, 2.24) is 0 Å². The lowest BCUT2D eigenvalue weighted by Gasteiger charge is -2.30. The average molecular weight is 232 g/mol. The van der Waals surface area contributed by atoms with Gasteiger partial charge in [0, 0.05) is 24.8 Å². The molecule has 17 heavy (non-hydrogen) atoms. The van der Waals surface area contributed by atoms with Gasteiger partial charge in [0.2, 0.25) is 0 Å². The van der Waals surface area contributed by atoms with Crippen LogP contribution in [0.2, 0.25) is 0 Å². The first-order valence-electron chi connectivity index (χ1n) is 6.78. The number of nitrogens with zero attached hydrogens (tertiary/aromatic N) is 1. The molecule has 1 aliphatic heterocycles. The average Bonchev–Trinajstić information content (AvgIpc) is 2.54. The van der Waals surface area contributed by atoms with Gasteiger partial charge in [-0.3, -0.25) is 0 Å². The highest BCUT2D eigenvalue weighted by Crippen LogP contribution is 2.25. The van der Waals surface area contributed by atoms with Gasteiger partial charge in [-0.05, 0) is 49.9 Å². The Bertz CT molecular complexity index is 373. The number of hydrogen-bond acceptors (Lipinski definition) is 2. The number of benzene rings is 1.